The second-order valence-electron chi connectivity index (χ2n) is 10.6. The third kappa shape index (κ3) is 18.9. The number of aliphatic hydroxyl groups is 2. The smallest absolute Gasteiger partial charge is 0.257 e. The van der Waals surface area contributed by atoms with Crippen LogP contribution in [0.2, 0.25) is 0 Å². The summed E-state index contributed by atoms with van der Waals surface area (Å²) < 4.78 is 2.05. The van der Waals surface area contributed by atoms with E-state index < -0.39 is 12.1 Å². The number of aromatic nitrogens is 1. The number of hydrogen-bond donors (Lipinski definition) is 3. The van der Waals surface area contributed by atoms with Gasteiger partial charge in [-0.15, -0.1) is 0 Å². The van der Waals surface area contributed by atoms with Gasteiger partial charge in [-0.25, -0.2) is 4.57 Å². The zero-order valence-corrected chi connectivity index (χ0v) is 26.0. The van der Waals surface area contributed by atoms with Crippen LogP contribution >= 0.6 is 0 Å². The van der Waals surface area contributed by atoms with Gasteiger partial charge in [0, 0.05) is 12.5 Å². The largest absolute Gasteiger partial charge is 1.00 e. The number of aliphatic hydroxyl groups excluding tert-OH is 2. The van der Waals surface area contributed by atoms with Crippen LogP contribution in [0.15, 0.2) is 36.7 Å². The van der Waals surface area contributed by atoms with Gasteiger partial charge < -0.3 is 32.5 Å². The summed E-state index contributed by atoms with van der Waals surface area (Å²) in [5.74, 6) is -0.269. The molecule has 1 aromatic heterocycles. The minimum Gasteiger partial charge on any atom is -1.00 e. The van der Waals surface area contributed by atoms with Gasteiger partial charge in [-0.2, -0.15) is 0 Å². The zero-order valence-electron chi connectivity index (χ0n) is 24.4. The van der Waals surface area contributed by atoms with Crippen LogP contribution in [0.1, 0.15) is 140 Å². The van der Waals surface area contributed by atoms with E-state index >= 15 is 0 Å². The number of hydrogen-bond acceptors (Lipinski definition) is 3. The predicted octanol–water partition coefficient (Wildman–Crippen LogP) is 4.05. The van der Waals surface area contributed by atoms with Gasteiger partial charge in [-0.05, 0) is 25.3 Å². The minimum atomic E-state index is -0.902. The molecule has 0 spiro atoms. The van der Waals surface area contributed by atoms with Gasteiger partial charge >= 0.3 is 0 Å². The molecule has 38 heavy (non-hydrogen) atoms. The average molecular weight is 598 g/mol. The lowest BCUT2D eigenvalue weighted by atomic mass is 10.0. The first-order valence-corrected chi connectivity index (χ1v) is 15.4. The Kier molecular flexibility index (Phi) is 25.2. The van der Waals surface area contributed by atoms with E-state index in [-0.39, 0.29) is 29.5 Å². The Labute approximate surface area is 244 Å². The fourth-order valence-electron chi connectivity index (χ4n) is 4.66. The van der Waals surface area contributed by atoms with Gasteiger partial charge in [0.2, 0.25) is 0 Å². The van der Waals surface area contributed by atoms with E-state index in [0.717, 1.165) is 25.8 Å². The molecule has 0 aromatic carbocycles. The molecule has 0 aliphatic carbocycles. The Morgan fingerprint density at radius 3 is 1.95 bits per heavy atom. The minimum absolute atomic E-state index is 0. The van der Waals surface area contributed by atoms with Crippen LogP contribution < -0.4 is 26.9 Å². The summed E-state index contributed by atoms with van der Waals surface area (Å²) >= 11 is 0. The monoisotopic (exact) mass is 596 g/mol. The summed E-state index contributed by atoms with van der Waals surface area (Å²) in [6.45, 7) is 5.07. The van der Waals surface area contributed by atoms with Crippen LogP contribution in [0.5, 0.6) is 0 Å². The molecule has 1 rings (SSSR count). The molecule has 1 aromatic rings. The number of halogens is 1. The first-order valence-electron chi connectivity index (χ1n) is 15.4. The summed E-state index contributed by atoms with van der Waals surface area (Å²) in [6, 6.07) is 2.94. The Bertz CT molecular complexity index is 714. The molecule has 0 saturated carbocycles. The van der Waals surface area contributed by atoms with Gasteiger partial charge in [0.25, 0.3) is 5.91 Å². The summed E-state index contributed by atoms with van der Waals surface area (Å²) in [5, 5.41) is 23.0. The SMILES string of the molecule is CCCCCCCCCCCCC/C=C/[C@@H](O)[C@@H](CO)NC(=O)c1ccc[n+](CCCCCCCC)c1.[Br-]. The number of pyridine rings is 1. The maximum Gasteiger partial charge on any atom is 0.257 e. The van der Waals surface area contributed by atoms with E-state index in [9.17, 15) is 15.0 Å². The van der Waals surface area contributed by atoms with Crippen LogP contribution in [-0.2, 0) is 6.54 Å². The second kappa shape index (κ2) is 26.0. The molecule has 0 radical (unpaired) electrons. The average Bonchev–Trinajstić information content (AvgIpc) is 2.91. The number of carbonyl (C=O) groups excluding carboxylic acids is 1. The first kappa shape index (κ1) is 36.8. The zero-order chi connectivity index (χ0) is 27.0. The topological polar surface area (TPSA) is 73.4 Å². The molecule has 0 unspecified atom stereocenters. The van der Waals surface area contributed by atoms with Crippen molar-refractivity contribution in [1.29, 1.82) is 0 Å². The van der Waals surface area contributed by atoms with E-state index in [2.05, 4.69) is 19.2 Å². The molecule has 0 bridgehead atoms. The summed E-state index contributed by atoms with van der Waals surface area (Å²) in [5.41, 5.74) is 0.545. The molecule has 2 atom stereocenters. The lowest BCUT2D eigenvalue weighted by molar-refractivity contribution is -0.697. The summed E-state index contributed by atoms with van der Waals surface area (Å²) in [4.78, 5) is 12.7. The third-order valence-corrected chi connectivity index (χ3v) is 7.12. The highest BCUT2D eigenvalue weighted by Gasteiger charge is 2.20. The van der Waals surface area contributed by atoms with Crippen LogP contribution in [-0.4, -0.2) is 34.9 Å². The molecular formula is C32H57BrN2O3. The molecule has 6 heteroatoms. The number of unbranched alkanes of at least 4 members (excludes halogenated alkanes) is 16. The van der Waals surface area contributed by atoms with Crippen molar-refractivity contribution in [2.75, 3.05) is 6.61 Å². The van der Waals surface area contributed by atoms with Gasteiger partial charge in [0.05, 0.1) is 18.8 Å². The third-order valence-electron chi connectivity index (χ3n) is 7.12. The van der Waals surface area contributed by atoms with Gasteiger partial charge in [-0.1, -0.05) is 116 Å². The Morgan fingerprint density at radius 2 is 1.39 bits per heavy atom. The van der Waals surface area contributed by atoms with Gasteiger partial charge in [0.15, 0.2) is 12.4 Å². The number of rotatable bonds is 24. The normalized spacial score (nSPS) is 12.8. The Balaban J connectivity index is 0.0000137. The molecule has 0 fully saturated rings. The van der Waals surface area contributed by atoms with Crippen molar-refractivity contribution in [3.05, 3.63) is 42.2 Å². The maximum atomic E-state index is 12.7. The number of aryl methyl sites for hydroxylation is 1. The van der Waals surface area contributed by atoms with E-state index in [1.165, 1.54) is 96.3 Å². The quantitative estimate of drug-likeness (QED) is 0.0957. The van der Waals surface area contributed by atoms with E-state index in [1.54, 1.807) is 12.1 Å². The molecule has 1 amide bonds. The first-order chi connectivity index (χ1) is 18.1. The Morgan fingerprint density at radius 1 is 0.868 bits per heavy atom. The van der Waals surface area contributed by atoms with E-state index in [0.29, 0.717) is 5.56 Å². The van der Waals surface area contributed by atoms with Crippen molar-refractivity contribution in [1.82, 2.24) is 5.32 Å². The van der Waals surface area contributed by atoms with Crippen LogP contribution in [0.4, 0.5) is 0 Å². The molecule has 1 heterocycles. The summed E-state index contributed by atoms with van der Waals surface area (Å²) in [7, 11) is 0. The molecule has 0 saturated heterocycles. The van der Waals surface area contributed by atoms with Crippen LogP contribution in [0.25, 0.3) is 0 Å². The fraction of sp³-hybridized carbons (Fsp3) is 0.750. The molecule has 5 nitrogen and oxygen atoms in total. The van der Waals surface area contributed by atoms with Crippen LogP contribution in [0, 0.1) is 0 Å². The molecule has 220 valence electrons. The highest BCUT2D eigenvalue weighted by Crippen LogP contribution is 2.12. The highest BCUT2D eigenvalue weighted by atomic mass is 79.9. The number of allylic oxidation sites excluding steroid dienone is 1. The highest BCUT2D eigenvalue weighted by molar-refractivity contribution is 5.93. The second-order valence-corrected chi connectivity index (χ2v) is 10.6. The van der Waals surface area contributed by atoms with Crippen molar-refractivity contribution in [3.63, 3.8) is 0 Å². The van der Waals surface area contributed by atoms with Gasteiger partial charge in [0.1, 0.15) is 12.1 Å². The van der Waals surface area contributed by atoms with Crippen molar-refractivity contribution in [2.24, 2.45) is 0 Å². The number of nitrogens with one attached hydrogen (secondary N) is 1. The van der Waals surface area contributed by atoms with Gasteiger partial charge in [-0.3, -0.25) is 4.79 Å². The number of amides is 1. The van der Waals surface area contributed by atoms with E-state index in [1.807, 2.05) is 29.1 Å². The van der Waals surface area contributed by atoms with Crippen LogP contribution in [0.3, 0.4) is 0 Å². The number of nitrogens with zero attached hydrogens (tertiary/aromatic N) is 1. The van der Waals surface area contributed by atoms with E-state index in [4.69, 9.17) is 0 Å². The molecule has 0 aliphatic rings. The predicted molar refractivity (Wildman–Crippen MR) is 155 cm³/mol. The molecule has 0 aliphatic heterocycles. The lowest BCUT2D eigenvalue weighted by Gasteiger charge is -2.19. The Hall–Kier alpha value is -1.24. The molecular weight excluding hydrogens is 540 g/mol. The maximum absolute atomic E-state index is 12.7. The van der Waals surface area contributed by atoms with Crippen molar-refractivity contribution >= 4 is 5.91 Å². The standard InChI is InChI=1S/C32H56N2O3.BrH/c1-3-5-7-9-11-12-13-14-15-16-17-18-20-24-31(36)30(28-35)33-32(37)29-23-22-26-34(27-29)25-21-19-10-8-6-4-2;/h20,22-24,26-27,30-31,35-36H,3-19,21,25,28H2,1-2H3;1H/b24-20+;/t30-,31-;/m1./s1. The van der Waals surface area contributed by atoms with Crippen molar-refractivity contribution < 1.29 is 36.6 Å². The fourth-order valence-corrected chi connectivity index (χ4v) is 4.66. The van der Waals surface area contributed by atoms with Crippen molar-refractivity contribution in [2.45, 2.75) is 148 Å². The number of carbonyl (C=O) groups is 1. The summed E-state index contributed by atoms with van der Waals surface area (Å²) in [6.07, 6.45) is 29.4. The van der Waals surface area contributed by atoms with Crippen molar-refractivity contribution in [3.8, 4) is 0 Å². The lowest BCUT2D eigenvalue weighted by Crippen LogP contribution is -3.00. The molecule has 3 N–H and O–H groups in total.